The third kappa shape index (κ3) is 67.8. The molecular formula is C77H124O5. The zero-order valence-electron chi connectivity index (χ0n) is 52.9. The third-order valence-electron chi connectivity index (χ3n) is 14.0. The maximum atomic E-state index is 12.4. The predicted octanol–water partition coefficient (Wildman–Crippen LogP) is 23.6. The van der Waals surface area contributed by atoms with Crippen LogP contribution in [0.3, 0.4) is 0 Å². The smallest absolute Gasteiger partial charge is 0.306 e. The zero-order valence-corrected chi connectivity index (χ0v) is 52.9. The number of carbonyl (C=O) groups excluding carboxylic acids is 2. The van der Waals surface area contributed by atoms with Crippen molar-refractivity contribution in [1.82, 2.24) is 0 Å². The van der Waals surface area contributed by atoms with E-state index in [9.17, 15) is 14.7 Å². The zero-order chi connectivity index (χ0) is 59.1. The van der Waals surface area contributed by atoms with Crippen molar-refractivity contribution in [2.75, 3.05) is 13.2 Å². The van der Waals surface area contributed by atoms with E-state index in [1.807, 2.05) is 0 Å². The molecule has 0 saturated heterocycles. The summed E-state index contributed by atoms with van der Waals surface area (Å²) < 4.78 is 10.7. The second kappa shape index (κ2) is 70.5. The first-order valence-corrected chi connectivity index (χ1v) is 33.7. The van der Waals surface area contributed by atoms with Crippen LogP contribution in [-0.2, 0) is 19.1 Å². The van der Waals surface area contributed by atoms with Gasteiger partial charge in [-0.2, -0.15) is 0 Å². The Morgan fingerprint density at radius 1 is 0.280 bits per heavy atom. The summed E-state index contributed by atoms with van der Waals surface area (Å²) in [6.45, 7) is 3.92. The lowest BCUT2D eigenvalue weighted by Crippen LogP contribution is -2.28. The number of aliphatic hydroxyl groups is 1. The Hall–Kier alpha value is -4.74. The van der Waals surface area contributed by atoms with E-state index >= 15 is 0 Å². The van der Waals surface area contributed by atoms with Crippen LogP contribution in [0.5, 0.6) is 0 Å². The Bertz CT molecular complexity index is 1810. The van der Waals surface area contributed by atoms with Crippen LogP contribution < -0.4 is 0 Å². The van der Waals surface area contributed by atoms with Gasteiger partial charge in [0.05, 0.1) is 6.61 Å². The molecule has 0 fully saturated rings. The standard InChI is InChI=1S/C77H124O5/c1-3-5-7-9-11-13-15-17-19-21-23-25-27-29-31-33-35-36-37-38-39-40-42-44-46-48-50-52-54-56-58-60-62-64-66-68-70-72-77(80)82-75(73-78)74-81-76(79)71-69-67-65-63-61-59-57-55-53-51-49-47-45-43-41-34-32-30-28-26-24-22-20-18-16-14-12-10-8-6-4-2/h5-8,11-14,17-20,23-26,29-32,35-36,38-39,41-44,75,78H,3-4,9-10,15-16,21-22,27-28,33-34,37,40,45-74H2,1-2H3/b7-5-,8-6-,13-11-,14-12-,19-17-,20-18-,25-23-,26-24-,31-29-,32-30-,36-35-,39-38-,43-41-,44-42-. The highest BCUT2D eigenvalue weighted by atomic mass is 16.6. The molecule has 0 saturated carbocycles. The summed E-state index contributed by atoms with van der Waals surface area (Å²) in [5.41, 5.74) is 0. The highest BCUT2D eigenvalue weighted by Gasteiger charge is 2.16. The van der Waals surface area contributed by atoms with Gasteiger partial charge >= 0.3 is 11.9 Å². The van der Waals surface area contributed by atoms with Crippen LogP contribution >= 0.6 is 0 Å². The molecule has 1 N–H and O–H groups in total. The molecule has 0 heterocycles. The maximum Gasteiger partial charge on any atom is 0.306 e. The molecule has 5 nitrogen and oxygen atoms in total. The van der Waals surface area contributed by atoms with E-state index in [4.69, 9.17) is 9.47 Å². The predicted molar refractivity (Wildman–Crippen MR) is 361 cm³/mol. The first-order chi connectivity index (χ1) is 40.6. The van der Waals surface area contributed by atoms with E-state index in [1.165, 1.54) is 128 Å². The average Bonchev–Trinajstić information content (AvgIpc) is 3.49. The van der Waals surface area contributed by atoms with E-state index in [0.29, 0.717) is 12.8 Å². The van der Waals surface area contributed by atoms with Gasteiger partial charge in [-0.25, -0.2) is 0 Å². The largest absolute Gasteiger partial charge is 0.462 e. The van der Waals surface area contributed by atoms with Crippen molar-refractivity contribution >= 4 is 11.9 Å². The SMILES string of the molecule is CC/C=C\C/C=C\C/C=C\C/C=C\C/C=C\C/C=C\C/C=C\C/C=C\CCCCCCCCCCCCCCC(=O)OC(CO)COC(=O)CCCCCCCCCCCCCC/C=C\C/C=C\C/C=C\C/C=C\C/C=C\C/C=C\CC. The molecule has 0 aliphatic heterocycles. The van der Waals surface area contributed by atoms with Gasteiger partial charge in [-0.1, -0.05) is 312 Å². The fourth-order valence-corrected chi connectivity index (χ4v) is 9.05. The lowest BCUT2D eigenvalue weighted by atomic mass is 10.0. The molecule has 0 rings (SSSR count). The third-order valence-corrected chi connectivity index (χ3v) is 14.0. The minimum atomic E-state index is -0.787. The molecule has 0 aliphatic rings. The highest BCUT2D eigenvalue weighted by Crippen LogP contribution is 2.16. The molecule has 0 aromatic carbocycles. The second-order valence-corrected chi connectivity index (χ2v) is 21.8. The quantitative estimate of drug-likeness (QED) is 0.0373. The van der Waals surface area contributed by atoms with Crippen LogP contribution in [0.4, 0.5) is 0 Å². The molecule has 0 aliphatic carbocycles. The Labute approximate surface area is 506 Å². The topological polar surface area (TPSA) is 72.8 Å². The summed E-state index contributed by atoms with van der Waals surface area (Å²) in [6.07, 6.45) is 109. The Kier molecular flexibility index (Phi) is 66.4. The Balaban J connectivity index is 3.54. The van der Waals surface area contributed by atoms with Crippen LogP contribution in [0.15, 0.2) is 170 Å². The van der Waals surface area contributed by atoms with Crippen molar-refractivity contribution < 1.29 is 24.2 Å². The summed E-state index contributed by atoms with van der Waals surface area (Å²) in [6, 6.07) is 0. The second-order valence-electron chi connectivity index (χ2n) is 21.8. The number of carbonyl (C=O) groups is 2. The molecular weight excluding hydrogens is 1000 g/mol. The summed E-state index contributed by atoms with van der Waals surface area (Å²) in [5.74, 6) is -0.599. The molecule has 1 unspecified atom stereocenters. The van der Waals surface area contributed by atoms with E-state index in [-0.39, 0.29) is 25.2 Å². The van der Waals surface area contributed by atoms with Crippen LogP contribution in [-0.4, -0.2) is 36.4 Å². The minimum absolute atomic E-state index is 0.0758. The number of rotatable bonds is 60. The van der Waals surface area contributed by atoms with Crippen molar-refractivity contribution in [2.24, 2.45) is 0 Å². The van der Waals surface area contributed by atoms with Gasteiger partial charge in [0, 0.05) is 12.8 Å². The summed E-state index contributed by atoms with van der Waals surface area (Å²) >= 11 is 0. The molecule has 1 atom stereocenters. The normalized spacial score (nSPS) is 13.4. The van der Waals surface area contributed by atoms with Gasteiger partial charge in [-0.3, -0.25) is 9.59 Å². The van der Waals surface area contributed by atoms with Crippen molar-refractivity contribution in [3.05, 3.63) is 170 Å². The molecule has 82 heavy (non-hydrogen) atoms. The number of esters is 2. The van der Waals surface area contributed by atoms with E-state index in [1.54, 1.807) is 0 Å². The fraction of sp³-hybridized carbons (Fsp3) is 0.610. The number of aliphatic hydroxyl groups excluding tert-OH is 1. The number of allylic oxidation sites excluding steroid dienone is 28. The molecule has 0 amide bonds. The lowest BCUT2D eigenvalue weighted by Gasteiger charge is -2.15. The van der Waals surface area contributed by atoms with Gasteiger partial charge in [0.25, 0.3) is 0 Å². The van der Waals surface area contributed by atoms with Crippen molar-refractivity contribution in [2.45, 2.75) is 290 Å². The van der Waals surface area contributed by atoms with Gasteiger partial charge in [0.1, 0.15) is 6.61 Å². The number of unbranched alkanes of at least 4 members (excludes halogenated alkanes) is 24. The monoisotopic (exact) mass is 1130 g/mol. The van der Waals surface area contributed by atoms with E-state index in [2.05, 4.69) is 184 Å². The van der Waals surface area contributed by atoms with Gasteiger partial charge in [-0.05, 0) is 128 Å². The lowest BCUT2D eigenvalue weighted by molar-refractivity contribution is -0.161. The van der Waals surface area contributed by atoms with Crippen LogP contribution in [0.25, 0.3) is 0 Å². The number of ether oxygens (including phenoxy) is 2. The van der Waals surface area contributed by atoms with Gasteiger partial charge in [0.15, 0.2) is 6.10 Å². The molecule has 0 radical (unpaired) electrons. The van der Waals surface area contributed by atoms with E-state index < -0.39 is 6.10 Å². The summed E-state index contributed by atoms with van der Waals surface area (Å²) in [4.78, 5) is 24.6. The van der Waals surface area contributed by atoms with Crippen LogP contribution in [0.2, 0.25) is 0 Å². The first-order valence-electron chi connectivity index (χ1n) is 33.7. The van der Waals surface area contributed by atoms with Gasteiger partial charge in [0.2, 0.25) is 0 Å². The molecule has 0 aromatic heterocycles. The van der Waals surface area contributed by atoms with Crippen molar-refractivity contribution in [3.8, 4) is 0 Å². The van der Waals surface area contributed by atoms with Crippen LogP contribution in [0.1, 0.15) is 284 Å². The average molecular weight is 1130 g/mol. The summed E-state index contributed by atoms with van der Waals surface area (Å²) in [7, 11) is 0. The highest BCUT2D eigenvalue weighted by molar-refractivity contribution is 5.70. The molecule has 0 bridgehead atoms. The number of hydrogen-bond donors (Lipinski definition) is 1. The van der Waals surface area contributed by atoms with Gasteiger partial charge < -0.3 is 14.6 Å². The molecule has 0 aromatic rings. The molecule has 0 spiro atoms. The van der Waals surface area contributed by atoms with Crippen LogP contribution in [0, 0.1) is 0 Å². The Morgan fingerprint density at radius 2 is 0.488 bits per heavy atom. The number of hydrogen-bond acceptors (Lipinski definition) is 5. The van der Waals surface area contributed by atoms with Gasteiger partial charge in [-0.15, -0.1) is 0 Å². The fourth-order valence-electron chi connectivity index (χ4n) is 9.05. The summed E-state index contributed by atoms with van der Waals surface area (Å²) in [5, 5.41) is 9.70. The molecule has 462 valence electrons. The van der Waals surface area contributed by atoms with Crippen molar-refractivity contribution in [1.29, 1.82) is 0 Å². The Morgan fingerprint density at radius 3 is 0.732 bits per heavy atom. The first kappa shape index (κ1) is 77.3. The maximum absolute atomic E-state index is 12.4. The van der Waals surface area contributed by atoms with Crippen molar-refractivity contribution in [3.63, 3.8) is 0 Å². The minimum Gasteiger partial charge on any atom is -0.462 e. The molecule has 5 heteroatoms. The van der Waals surface area contributed by atoms with E-state index in [0.717, 1.165) is 128 Å².